The van der Waals surface area contributed by atoms with Gasteiger partial charge in [0, 0.05) is 11.6 Å². The summed E-state index contributed by atoms with van der Waals surface area (Å²) in [6, 6.07) is 11.6. The Bertz CT molecular complexity index is 558. The fourth-order valence-corrected chi connectivity index (χ4v) is 2.51. The molecule has 112 valence electrons. The first-order valence-electron chi connectivity index (χ1n) is 7.75. The smallest absolute Gasteiger partial charge is 0.133 e. The van der Waals surface area contributed by atoms with Crippen LogP contribution in [-0.4, -0.2) is 0 Å². The molecule has 0 aliphatic heterocycles. The number of unbranched alkanes of at least 4 members (excludes halogenated alkanes) is 4. The number of rotatable bonds is 7. The van der Waals surface area contributed by atoms with Gasteiger partial charge in [0.1, 0.15) is 11.6 Å². The summed E-state index contributed by atoms with van der Waals surface area (Å²) in [5, 5.41) is 0. The Balaban J connectivity index is 1.95. The lowest BCUT2D eigenvalue weighted by molar-refractivity contribution is 0.585. The molecule has 0 atom stereocenters. The van der Waals surface area contributed by atoms with Crippen molar-refractivity contribution in [2.45, 2.75) is 45.4 Å². The van der Waals surface area contributed by atoms with Crippen LogP contribution in [0.25, 0.3) is 11.1 Å². The molecule has 0 N–H and O–H groups in total. The lowest BCUT2D eigenvalue weighted by Crippen LogP contribution is -1.89. The van der Waals surface area contributed by atoms with Crippen LogP contribution in [-0.2, 0) is 6.42 Å². The van der Waals surface area contributed by atoms with E-state index in [-0.39, 0.29) is 0 Å². The van der Waals surface area contributed by atoms with Crippen LogP contribution in [0.15, 0.2) is 42.5 Å². The average Bonchev–Trinajstić information content (AvgIpc) is 2.48. The topological polar surface area (TPSA) is 0 Å². The van der Waals surface area contributed by atoms with Gasteiger partial charge in [-0.25, -0.2) is 8.78 Å². The molecule has 21 heavy (non-hydrogen) atoms. The van der Waals surface area contributed by atoms with E-state index in [1.54, 1.807) is 0 Å². The second-order valence-electron chi connectivity index (χ2n) is 5.49. The van der Waals surface area contributed by atoms with Crippen molar-refractivity contribution >= 4 is 0 Å². The van der Waals surface area contributed by atoms with E-state index in [2.05, 4.69) is 6.92 Å². The fourth-order valence-electron chi connectivity index (χ4n) is 2.51. The highest BCUT2D eigenvalue weighted by atomic mass is 19.1. The van der Waals surface area contributed by atoms with Crippen molar-refractivity contribution in [3.8, 4) is 11.1 Å². The maximum atomic E-state index is 13.7. The van der Waals surface area contributed by atoms with Crippen molar-refractivity contribution in [1.82, 2.24) is 0 Å². The Kier molecular flexibility index (Phi) is 5.91. The summed E-state index contributed by atoms with van der Waals surface area (Å²) in [7, 11) is 0. The highest BCUT2D eigenvalue weighted by Gasteiger charge is 2.06. The van der Waals surface area contributed by atoms with Crippen molar-refractivity contribution in [2.75, 3.05) is 0 Å². The zero-order valence-electron chi connectivity index (χ0n) is 12.5. The van der Waals surface area contributed by atoms with Gasteiger partial charge < -0.3 is 0 Å². The molecule has 2 aromatic carbocycles. The van der Waals surface area contributed by atoms with Crippen molar-refractivity contribution in [3.63, 3.8) is 0 Å². The Hall–Kier alpha value is -1.70. The summed E-state index contributed by atoms with van der Waals surface area (Å²) >= 11 is 0. The second kappa shape index (κ2) is 7.92. The normalized spacial score (nSPS) is 10.8. The highest BCUT2D eigenvalue weighted by molar-refractivity contribution is 5.64. The summed E-state index contributed by atoms with van der Waals surface area (Å²) in [6.45, 7) is 2.22. The van der Waals surface area contributed by atoms with E-state index in [1.165, 1.54) is 49.8 Å². The third-order valence-corrected chi connectivity index (χ3v) is 3.77. The van der Waals surface area contributed by atoms with Crippen LogP contribution >= 0.6 is 0 Å². The first kappa shape index (κ1) is 15.7. The number of benzene rings is 2. The Labute approximate surface area is 125 Å². The van der Waals surface area contributed by atoms with Gasteiger partial charge in [-0.05, 0) is 36.1 Å². The van der Waals surface area contributed by atoms with E-state index in [4.69, 9.17) is 0 Å². The lowest BCUT2D eigenvalue weighted by atomic mass is 10.0. The molecule has 2 rings (SSSR count). The minimum absolute atomic E-state index is 0.450. The van der Waals surface area contributed by atoms with Crippen molar-refractivity contribution in [1.29, 1.82) is 0 Å². The molecule has 0 bridgehead atoms. The molecule has 2 heteroatoms. The quantitative estimate of drug-likeness (QED) is 0.536. The van der Waals surface area contributed by atoms with E-state index >= 15 is 0 Å². The largest absolute Gasteiger partial charge is 0.207 e. The standard InChI is InChI=1S/C19H22F2/c1-2-3-4-5-6-7-15-8-10-16(11-9-15)18-13-12-17(20)14-19(18)21/h8-14H,2-7H2,1H3. The van der Waals surface area contributed by atoms with E-state index < -0.39 is 11.6 Å². The molecule has 0 fully saturated rings. The molecule has 0 aliphatic rings. The number of aryl methyl sites for hydroxylation is 1. The predicted molar refractivity (Wildman–Crippen MR) is 84.3 cm³/mol. The molecule has 0 saturated heterocycles. The maximum Gasteiger partial charge on any atom is 0.133 e. The SMILES string of the molecule is CCCCCCCc1ccc(-c2ccc(F)cc2F)cc1. The molecule has 0 saturated carbocycles. The molecular weight excluding hydrogens is 266 g/mol. The fraction of sp³-hybridized carbons (Fsp3) is 0.368. The summed E-state index contributed by atoms with van der Waals surface area (Å²) in [6.07, 6.45) is 7.40. The Morgan fingerprint density at radius 1 is 0.810 bits per heavy atom. The van der Waals surface area contributed by atoms with Crippen LogP contribution in [0.3, 0.4) is 0 Å². The van der Waals surface area contributed by atoms with Gasteiger partial charge in [0.2, 0.25) is 0 Å². The van der Waals surface area contributed by atoms with Crippen LogP contribution < -0.4 is 0 Å². The molecule has 0 amide bonds. The monoisotopic (exact) mass is 288 g/mol. The minimum Gasteiger partial charge on any atom is -0.207 e. The Morgan fingerprint density at radius 2 is 1.52 bits per heavy atom. The minimum atomic E-state index is -0.542. The van der Waals surface area contributed by atoms with Crippen LogP contribution in [0, 0.1) is 11.6 Å². The van der Waals surface area contributed by atoms with Gasteiger partial charge in [-0.2, -0.15) is 0 Å². The van der Waals surface area contributed by atoms with E-state index in [9.17, 15) is 8.78 Å². The summed E-state index contributed by atoms with van der Waals surface area (Å²) in [5.74, 6) is -1.05. The van der Waals surface area contributed by atoms with Gasteiger partial charge in [-0.15, -0.1) is 0 Å². The zero-order valence-corrected chi connectivity index (χ0v) is 12.5. The number of halogens is 2. The van der Waals surface area contributed by atoms with Gasteiger partial charge in [0.05, 0.1) is 0 Å². The number of hydrogen-bond acceptors (Lipinski definition) is 0. The Morgan fingerprint density at radius 3 is 2.19 bits per heavy atom. The molecule has 0 spiro atoms. The molecular formula is C19H22F2. The molecule has 0 aromatic heterocycles. The molecule has 0 unspecified atom stereocenters. The molecule has 0 radical (unpaired) electrons. The van der Waals surface area contributed by atoms with Gasteiger partial charge in [-0.3, -0.25) is 0 Å². The van der Waals surface area contributed by atoms with Gasteiger partial charge in [-0.1, -0.05) is 56.9 Å². The van der Waals surface area contributed by atoms with E-state index in [0.717, 1.165) is 18.1 Å². The van der Waals surface area contributed by atoms with Gasteiger partial charge in [0.25, 0.3) is 0 Å². The molecule has 2 aromatic rings. The maximum absolute atomic E-state index is 13.7. The van der Waals surface area contributed by atoms with Crippen molar-refractivity contribution in [3.05, 3.63) is 59.7 Å². The number of hydrogen-bond donors (Lipinski definition) is 0. The first-order valence-corrected chi connectivity index (χ1v) is 7.75. The van der Waals surface area contributed by atoms with Crippen LogP contribution in [0.1, 0.15) is 44.6 Å². The highest BCUT2D eigenvalue weighted by Crippen LogP contribution is 2.24. The summed E-state index contributed by atoms with van der Waals surface area (Å²) < 4.78 is 26.6. The summed E-state index contributed by atoms with van der Waals surface area (Å²) in [5.41, 5.74) is 2.52. The summed E-state index contributed by atoms with van der Waals surface area (Å²) in [4.78, 5) is 0. The van der Waals surface area contributed by atoms with E-state index in [0.29, 0.717) is 5.56 Å². The predicted octanol–water partition coefficient (Wildman–Crippen LogP) is 6.14. The average molecular weight is 288 g/mol. The van der Waals surface area contributed by atoms with Crippen LogP contribution in [0.2, 0.25) is 0 Å². The third-order valence-electron chi connectivity index (χ3n) is 3.77. The van der Waals surface area contributed by atoms with Crippen molar-refractivity contribution in [2.24, 2.45) is 0 Å². The van der Waals surface area contributed by atoms with Crippen LogP contribution in [0.4, 0.5) is 8.78 Å². The molecule has 0 nitrogen and oxygen atoms in total. The lowest BCUT2D eigenvalue weighted by Gasteiger charge is -2.06. The zero-order chi connectivity index (χ0) is 15.1. The van der Waals surface area contributed by atoms with Crippen molar-refractivity contribution < 1.29 is 8.78 Å². The van der Waals surface area contributed by atoms with E-state index in [1.807, 2.05) is 24.3 Å². The molecule has 0 heterocycles. The molecule has 0 aliphatic carbocycles. The van der Waals surface area contributed by atoms with Crippen LogP contribution in [0.5, 0.6) is 0 Å². The second-order valence-corrected chi connectivity index (χ2v) is 5.49. The van der Waals surface area contributed by atoms with Gasteiger partial charge in [0.15, 0.2) is 0 Å². The first-order chi connectivity index (χ1) is 10.2. The third kappa shape index (κ3) is 4.66. The van der Waals surface area contributed by atoms with Gasteiger partial charge >= 0.3 is 0 Å².